The zero-order chi connectivity index (χ0) is 13.5. The predicted molar refractivity (Wildman–Crippen MR) is 79.6 cm³/mol. The fourth-order valence-corrected chi connectivity index (χ4v) is 3.03. The first-order valence-corrected chi connectivity index (χ1v) is 8.00. The van der Waals surface area contributed by atoms with Gasteiger partial charge in [0.1, 0.15) is 0 Å². The molecule has 1 atom stereocenters. The lowest BCUT2D eigenvalue weighted by Crippen LogP contribution is -2.38. The Kier molecular flexibility index (Phi) is 6.57. The van der Waals surface area contributed by atoms with Crippen LogP contribution in [0.1, 0.15) is 26.7 Å². The van der Waals surface area contributed by atoms with Crippen molar-refractivity contribution >= 4 is 0 Å². The van der Waals surface area contributed by atoms with Crippen LogP contribution in [-0.2, 0) is 4.74 Å². The van der Waals surface area contributed by atoms with Gasteiger partial charge in [-0.25, -0.2) is 0 Å². The molecule has 4 heteroatoms. The molecule has 0 radical (unpaired) electrons. The Bertz CT molecular complexity index is 242. The van der Waals surface area contributed by atoms with Crippen LogP contribution in [0, 0.1) is 5.92 Å². The van der Waals surface area contributed by atoms with Crippen molar-refractivity contribution in [3.63, 3.8) is 0 Å². The summed E-state index contributed by atoms with van der Waals surface area (Å²) in [5.41, 5.74) is 0. The second kappa shape index (κ2) is 8.20. The van der Waals surface area contributed by atoms with E-state index >= 15 is 0 Å². The van der Waals surface area contributed by atoms with Crippen LogP contribution in [0.25, 0.3) is 0 Å². The van der Waals surface area contributed by atoms with Crippen molar-refractivity contribution in [2.75, 3.05) is 59.0 Å². The molecule has 2 rings (SSSR count). The molecule has 1 unspecified atom stereocenters. The van der Waals surface area contributed by atoms with Gasteiger partial charge in [0.25, 0.3) is 0 Å². The van der Waals surface area contributed by atoms with Crippen LogP contribution in [0.15, 0.2) is 0 Å². The van der Waals surface area contributed by atoms with Crippen molar-refractivity contribution in [2.24, 2.45) is 5.92 Å². The zero-order valence-corrected chi connectivity index (χ0v) is 12.7. The maximum absolute atomic E-state index is 5.38. The number of nitrogens with one attached hydrogen (secondary N) is 1. The molecule has 0 saturated carbocycles. The summed E-state index contributed by atoms with van der Waals surface area (Å²) in [6.07, 6.45) is 2.68. The summed E-state index contributed by atoms with van der Waals surface area (Å²) >= 11 is 0. The van der Waals surface area contributed by atoms with Crippen molar-refractivity contribution in [2.45, 2.75) is 32.7 Å². The molecule has 0 aromatic heterocycles. The largest absolute Gasteiger partial charge is 0.379 e. The number of likely N-dealkylation sites (tertiary alicyclic amines) is 1. The number of nitrogens with zero attached hydrogens (tertiary/aromatic N) is 2. The molecule has 0 amide bonds. The first kappa shape index (κ1) is 15.2. The molecule has 0 aromatic rings. The van der Waals surface area contributed by atoms with E-state index in [0.717, 1.165) is 32.2 Å². The van der Waals surface area contributed by atoms with Gasteiger partial charge in [-0.15, -0.1) is 0 Å². The second-order valence-corrected chi connectivity index (χ2v) is 6.33. The fourth-order valence-electron chi connectivity index (χ4n) is 3.03. The van der Waals surface area contributed by atoms with Gasteiger partial charge in [0.2, 0.25) is 0 Å². The van der Waals surface area contributed by atoms with E-state index in [0.29, 0.717) is 6.04 Å². The van der Waals surface area contributed by atoms with E-state index in [-0.39, 0.29) is 0 Å². The predicted octanol–water partition coefficient (Wildman–Crippen LogP) is 1.03. The number of rotatable bonds is 7. The molecule has 2 aliphatic heterocycles. The van der Waals surface area contributed by atoms with Crippen molar-refractivity contribution in [3.05, 3.63) is 0 Å². The molecule has 2 saturated heterocycles. The van der Waals surface area contributed by atoms with E-state index in [2.05, 4.69) is 29.0 Å². The summed E-state index contributed by atoms with van der Waals surface area (Å²) in [4.78, 5) is 5.19. The van der Waals surface area contributed by atoms with E-state index in [1.807, 2.05) is 0 Å². The Morgan fingerprint density at radius 1 is 1.11 bits per heavy atom. The van der Waals surface area contributed by atoms with Gasteiger partial charge in [0, 0.05) is 25.7 Å². The minimum Gasteiger partial charge on any atom is -0.379 e. The molecule has 0 spiro atoms. The molecule has 112 valence electrons. The van der Waals surface area contributed by atoms with Crippen LogP contribution in [0.3, 0.4) is 0 Å². The van der Waals surface area contributed by atoms with Crippen LogP contribution in [-0.4, -0.2) is 74.9 Å². The standard InChI is InChI=1S/C15H31N3O/c1-14(2)16-12-15-4-7-18(13-15)6-3-5-17-8-10-19-11-9-17/h14-16H,3-13H2,1-2H3. The summed E-state index contributed by atoms with van der Waals surface area (Å²) in [5, 5.41) is 3.57. The number of morpholine rings is 1. The van der Waals surface area contributed by atoms with Crippen molar-refractivity contribution in [3.8, 4) is 0 Å². The maximum atomic E-state index is 5.38. The Balaban J connectivity index is 1.52. The van der Waals surface area contributed by atoms with Gasteiger partial charge < -0.3 is 15.0 Å². The summed E-state index contributed by atoms with van der Waals surface area (Å²) in [6.45, 7) is 14.9. The minimum atomic E-state index is 0.621. The van der Waals surface area contributed by atoms with E-state index < -0.39 is 0 Å². The highest BCUT2D eigenvalue weighted by Gasteiger charge is 2.22. The molecule has 0 bridgehead atoms. The molecule has 2 aliphatic rings. The summed E-state index contributed by atoms with van der Waals surface area (Å²) in [5.74, 6) is 0.866. The maximum Gasteiger partial charge on any atom is 0.0594 e. The highest BCUT2D eigenvalue weighted by atomic mass is 16.5. The normalized spacial score (nSPS) is 26.4. The zero-order valence-electron chi connectivity index (χ0n) is 12.7. The smallest absolute Gasteiger partial charge is 0.0594 e. The molecule has 2 fully saturated rings. The Labute approximate surface area is 118 Å². The molecule has 0 aliphatic carbocycles. The van der Waals surface area contributed by atoms with Gasteiger partial charge >= 0.3 is 0 Å². The average molecular weight is 269 g/mol. The van der Waals surface area contributed by atoms with Crippen LogP contribution in [0.5, 0.6) is 0 Å². The molecule has 1 N–H and O–H groups in total. The third-order valence-electron chi connectivity index (χ3n) is 4.24. The number of ether oxygens (including phenoxy) is 1. The van der Waals surface area contributed by atoms with E-state index in [1.54, 1.807) is 0 Å². The lowest BCUT2D eigenvalue weighted by Gasteiger charge is -2.27. The highest BCUT2D eigenvalue weighted by Crippen LogP contribution is 2.15. The Hall–Kier alpha value is -0.160. The van der Waals surface area contributed by atoms with E-state index in [4.69, 9.17) is 4.74 Å². The van der Waals surface area contributed by atoms with Gasteiger partial charge in [0.15, 0.2) is 0 Å². The van der Waals surface area contributed by atoms with Gasteiger partial charge in [-0.1, -0.05) is 13.8 Å². The van der Waals surface area contributed by atoms with Crippen LogP contribution >= 0.6 is 0 Å². The van der Waals surface area contributed by atoms with Gasteiger partial charge in [-0.3, -0.25) is 4.90 Å². The van der Waals surface area contributed by atoms with Crippen LogP contribution in [0.4, 0.5) is 0 Å². The second-order valence-electron chi connectivity index (χ2n) is 6.33. The minimum absolute atomic E-state index is 0.621. The monoisotopic (exact) mass is 269 g/mol. The molecule has 2 heterocycles. The first-order valence-electron chi connectivity index (χ1n) is 8.00. The molecule has 4 nitrogen and oxygen atoms in total. The average Bonchev–Trinajstić information content (AvgIpc) is 2.86. The van der Waals surface area contributed by atoms with Crippen molar-refractivity contribution < 1.29 is 4.74 Å². The third-order valence-corrected chi connectivity index (χ3v) is 4.24. The quantitative estimate of drug-likeness (QED) is 0.747. The Morgan fingerprint density at radius 3 is 2.58 bits per heavy atom. The first-order chi connectivity index (χ1) is 9.24. The van der Waals surface area contributed by atoms with E-state index in [1.165, 1.54) is 45.6 Å². The van der Waals surface area contributed by atoms with Crippen LogP contribution < -0.4 is 5.32 Å². The van der Waals surface area contributed by atoms with Crippen molar-refractivity contribution in [1.82, 2.24) is 15.1 Å². The van der Waals surface area contributed by atoms with Gasteiger partial charge in [-0.2, -0.15) is 0 Å². The van der Waals surface area contributed by atoms with Crippen LogP contribution in [0.2, 0.25) is 0 Å². The lowest BCUT2D eigenvalue weighted by atomic mass is 10.1. The number of hydrogen-bond acceptors (Lipinski definition) is 4. The Morgan fingerprint density at radius 2 is 1.84 bits per heavy atom. The van der Waals surface area contributed by atoms with E-state index in [9.17, 15) is 0 Å². The fraction of sp³-hybridized carbons (Fsp3) is 1.00. The SMILES string of the molecule is CC(C)NCC1CCN(CCCN2CCOCC2)C1. The van der Waals surface area contributed by atoms with Gasteiger partial charge in [0.05, 0.1) is 13.2 Å². The van der Waals surface area contributed by atoms with Crippen molar-refractivity contribution in [1.29, 1.82) is 0 Å². The lowest BCUT2D eigenvalue weighted by molar-refractivity contribution is 0.0363. The molecule has 0 aromatic carbocycles. The highest BCUT2D eigenvalue weighted by molar-refractivity contribution is 4.78. The molecule has 19 heavy (non-hydrogen) atoms. The summed E-state index contributed by atoms with van der Waals surface area (Å²) in [7, 11) is 0. The molecular formula is C15H31N3O. The summed E-state index contributed by atoms with van der Waals surface area (Å²) in [6, 6.07) is 0.621. The third kappa shape index (κ3) is 5.78. The summed E-state index contributed by atoms with van der Waals surface area (Å²) < 4.78 is 5.38. The molecular weight excluding hydrogens is 238 g/mol. The van der Waals surface area contributed by atoms with Gasteiger partial charge in [-0.05, 0) is 44.9 Å². The number of hydrogen-bond donors (Lipinski definition) is 1. The topological polar surface area (TPSA) is 27.7 Å².